The van der Waals surface area contributed by atoms with Gasteiger partial charge >= 0.3 is 12.0 Å². The number of rotatable bonds is 10. The predicted octanol–water partition coefficient (Wildman–Crippen LogP) is 4.74. The van der Waals surface area contributed by atoms with Crippen LogP contribution in [0.4, 0.5) is 21.9 Å². The van der Waals surface area contributed by atoms with E-state index in [0.29, 0.717) is 40.6 Å². The number of carbonyl (C=O) groups excluding carboxylic acids is 3. The number of aromatic nitrogens is 1. The van der Waals surface area contributed by atoms with Crippen LogP contribution in [-0.2, 0) is 22.4 Å². The summed E-state index contributed by atoms with van der Waals surface area (Å²) in [5, 5.41) is 18.8. The highest BCUT2D eigenvalue weighted by Crippen LogP contribution is 2.31. The Labute approximate surface area is 259 Å². The number of aryl methyl sites for hydroxylation is 1. The topological polar surface area (TPSA) is 154 Å². The lowest BCUT2D eigenvalue weighted by atomic mass is 10.0. The third kappa shape index (κ3) is 7.12. The van der Waals surface area contributed by atoms with Gasteiger partial charge in [0, 0.05) is 31.0 Å². The van der Waals surface area contributed by atoms with E-state index in [0.717, 1.165) is 17.7 Å². The number of anilines is 3. The molecule has 3 N–H and O–H groups in total. The normalized spacial score (nSPS) is 12.6. The molecule has 3 aromatic carbocycles. The number of ether oxygens (including phenoxy) is 1. The van der Waals surface area contributed by atoms with Gasteiger partial charge in [0.25, 0.3) is 5.91 Å². The average Bonchev–Trinajstić information content (AvgIpc) is 3.67. The third-order valence-corrected chi connectivity index (χ3v) is 7.57. The lowest BCUT2D eigenvalue weighted by Gasteiger charge is -2.22. The minimum Gasteiger partial charge on any atom is -0.495 e. The van der Waals surface area contributed by atoms with E-state index in [1.807, 2.05) is 24.3 Å². The van der Waals surface area contributed by atoms with E-state index in [-0.39, 0.29) is 30.5 Å². The van der Waals surface area contributed by atoms with Crippen LogP contribution in [0.15, 0.2) is 77.3 Å². The lowest BCUT2D eigenvalue weighted by molar-refractivity contribution is -0.137. The SMILES string of the molecule is COc1cc(CC(=O)N(C)c2cccc(C(CC(=O)O)NC(=O)c3cc(C)on3)c2)ccc1NC(=O)N1CCc2ccccc21. The van der Waals surface area contributed by atoms with Gasteiger partial charge in [-0.05, 0) is 60.4 Å². The van der Waals surface area contributed by atoms with Gasteiger partial charge < -0.3 is 29.9 Å². The van der Waals surface area contributed by atoms with Gasteiger partial charge in [0.15, 0.2) is 5.69 Å². The van der Waals surface area contributed by atoms with Crippen molar-refractivity contribution in [1.82, 2.24) is 10.5 Å². The number of likely N-dealkylation sites (N-methyl/N-ethyl adjacent to an activating group) is 1. The number of urea groups is 1. The second-order valence-corrected chi connectivity index (χ2v) is 10.7. The van der Waals surface area contributed by atoms with Crippen LogP contribution in [0.25, 0.3) is 0 Å². The molecule has 0 bridgehead atoms. The summed E-state index contributed by atoms with van der Waals surface area (Å²) in [4.78, 5) is 53.8. The van der Waals surface area contributed by atoms with E-state index < -0.39 is 17.9 Å². The summed E-state index contributed by atoms with van der Waals surface area (Å²) in [7, 11) is 3.11. The fourth-order valence-corrected chi connectivity index (χ4v) is 5.20. The number of carboxylic acid groups (broad SMARTS) is 1. The Morgan fingerprint density at radius 1 is 1.07 bits per heavy atom. The number of amides is 4. The summed E-state index contributed by atoms with van der Waals surface area (Å²) in [6, 6.07) is 20.0. The molecule has 5 rings (SSSR count). The molecule has 1 aliphatic heterocycles. The standard InChI is InChI=1S/C33H33N5O7/c1-20-15-27(36-45-20)32(42)34-26(19-31(40)41)23-8-6-9-24(18-23)37(2)30(39)17-21-11-12-25(29(16-21)44-3)35-33(43)38-14-13-22-7-4-5-10-28(22)38/h4-12,15-16,18,26H,13-14,17,19H2,1-3H3,(H,34,42)(H,35,43)(H,40,41). The Balaban J connectivity index is 1.26. The van der Waals surface area contributed by atoms with Gasteiger partial charge in [-0.2, -0.15) is 0 Å². The number of nitrogens with one attached hydrogen (secondary N) is 2. The number of hydrogen-bond acceptors (Lipinski definition) is 7. The van der Waals surface area contributed by atoms with Crippen molar-refractivity contribution < 1.29 is 33.5 Å². The zero-order valence-corrected chi connectivity index (χ0v) is 25.1. The van der Waals surface area contributed by atoms with E-state index in [9.17, 15) is 24.3 Å². The van der Waals surface area contributed by atoms with Crippen molar-refractivity contribution >= 4 is 40.9 Å². The monoisotopic (exact) mass is 611 g/mol. The first-order valence-electron chi connectivity index (χ1n) is 14.3. The van der Waals surface area contributed by atoms with E-state index in [1.54, 1.807) is 61.3 Å². The van der Waals surface area contributed by atoms with Crippen molar-refractivity contribution in [2.75, 3.05) is 35.8 Å². The molecule has 2 heterocycles. The van der Waals surface area contributed by atoms with E-state index in [4.69, 9.17) is 9.26 Å². The highest BCUT2D eigenvalue weighted by Gasteiger charge is 2.25. The Hall–Kier alpha value is -5.65. The molecule has 4 aromatic rings. The highest BCUT2D eigenvalue weighted by molar-refractivity contribution is 6.04. The molecule has 12 heteroatoms. The number of fused-ring (bicyclic) bond motifs is 1. The van der Waals surface area contributed by atoms with E-state index in [2.05, 4.69) is 15.8 Å². The Morgan fingerprint density at radius 2 is 1.87 bits per heavy atom. The van der Waals surface area contributed by atoms with Crippen molar-refractivity contribution in [3.63, 3.8) is 0 Å². The number of hydrogen-bond donors (Lipinski definition) is 3. The summed E-state index contributed by atoms with van der Waals surface area (Å²) in [5.74, 6) is -1.06. The van der Waals surface area contributed by atoms with Gasteiger partial charge in [-0.25, -0.2) is 4.79 Å². The first-order valence-corrected chi connectivity index (χ1v) is 14.3. The first-order chi connectivity index (χ1) is 21.6. The predicted molar refractivity (Wildman–Crippen MR) is 167 cm³/mol. The van der Waals surface area contributed by atoms with Gasteiger partial charge in [-0.15, -0.1) is 0 Å². The van der Waals surface area contributed by atoms with Crippen LogP contribution < -0.4 is 25.2 Å². The maximum atomic E-state index is 13.3. The second kappa shape index (κ2) is 13.3. The fourth-order valence-electron chi connectivity index (χ4n) is 5.20. The van der Waals surface area contributed by atoms with Crippen molar-refractivity contribution in [1.29, 1.82) is 0 Å². The van der Waals surface area contributed by atoms with Gasteiger partial charge in [0.1, 0.15) is 11.5 Å². The number of aliphatic carboxylic acids is 1. The lowest BCUT2D eigenvalue weighted by Crippen LogP contribution is -2.33. The highest BCUT2D eigenvalue weighted by atomic mass is 16.5. The minimum atomic E-state index is -1.11. The zero-order valence-electron chi connectivity index (χ0n) is 25.1. The molecule has 0 spiro atoms. The van der Waals surface area contributed by atoms with Crippen LogP contribution in [0.3, 0.4) is 0 Å². The molecular formula is C33H33N5O7. The molecule has 12 nitrogen and oxygen atoms in total. The van der Waals surface area contributed by atoms with Crippen LogP contribution in [0, 0.1) is 6.92 Å². The summed E-state index contributed by atoms with van der Waals surface area (Å²) in [6.45, 7) is 2.23. The zero-order chi connectivity index (χ0) is 32.1. The van der Waals surface area contributed by atoms with Crippen LogP contribution in [-0.4, -0.2) is 54.8 Å². The number of carboxylic acids is 1. The molecule has 1 aromatic heterocycles. The van der Waals surface area contributed by atoms with Crippen LogP contribution in [0.5, 0.6) is 5.75 Å². The molecule has 0 fully saturated rings. The first kappa shape index (κ1) is 30.8. The Kier molecular flexibility index (Phi) is 9.12. The summed E-state index contributed by atoms with van der Waals surface area (Å²) in [5.41, 5.74) is 4.21. The fraction of sp³-hybridized carbons (Fsp3) is 0.242. The van der Waals surface area contributed by atoms with Crippen LogP contribution >= 0.6 is 0 Å². The maximum absolute atomic E-state index is 13.3. The summed E-state index contributed by atoms with van der Waals surface area (Å²) >= 11 is 0. The van der Waals surface area contributed by atoms with Crippen molar-refractivity contribution in [3.05, 3.63) is 101 Å². The molecule has 4 amide bonds. The molecule has 45 heavy (non-hydrogen) atoms. The van der Waals surface area contributed by atoms with Crippen molar-refractivity contribution in [2.24, 2.45) is 0 Å². The number of nitrogens with zero attached hydrogens (tertiary/aromatic N) is 3. The maximum Gasteiger partial charge on any atom is 0.326 e. The smallest absolute Gasteiger partial charge is 0.326 e. The Morgan fingerprint density at radius 3 is 2.60 bits per heavy atom. The molecule has 1 unspecified atom stereocenters. The molecule has 0 aliphatic carbocycles. The molecular weight excluding hydrogens is 578 g/mol. The number of methoxy groups -OCH3 is 1. The summed E-state index contributed by atoms with van der Waals surface area (Å²) in [6.07, 6.45) is 0.442. The van der Waals surface area contributed by atoms with E-state index >= 15 is 0 Å². The van der Waals surface area contributed by atoms with Crippen LogP contribution in [0.2, 0.25) is 0 Å². The molecule has 0 saturated carbocycles. The minimum absolute atomic E-state index is 0.0333. The second-order valence-electron chi connectivity index (χ2n) is 10.7. The van der Waals surface area contributed by atoms with E-state index in [1.165, 1.54) is 18.1 Å². The summed E-state index contributed by atoms with van der Waals surface area (Å²) < 4.78 is 10.5. The van der Waals surface area contributed by atoms with Gasteiger partial charge in [-0.3, -0.25) is 19.3 Å². The Bertz CT molecular complexity index is 1750. The largest absolute Gasteiger partial charge is 0.495 e. The molecule has 0 radical (unpaired) electrons. The third-order valence-electron chi connectivity index (χ3n) is 7.57. The quantitative estimate of drug-likeness (QED) is 0.232. The van der Waals surface area contributed by atoms with Crippen molar-refractivity contribution in [3.8, 4) is 5.75 Å². The van der Waals surface area contributed by atoms with Gasteiger partial charge in [0.05, 0.1) is 31.7 Å². The average molecular weight is 612 g/mol. The van der Waals surface area contributed by atoms with Gasteiger partial charge in [0.2, 0.25) is 5.91 Å². The number of benzene rings is 3. The molecule has 232 valence electrons. The number of carbonyl (C=O) groups is 4. The number of para-hydroxylation sites is 1. The molecule has 1 aliphatic rings. The van der Waals surface area contributed by atoms with Crippen molar-refractivity contribution in [2.45, 2.75) is 32.2 Å². The molecule has 1 atom stereocenters. The van der Waals surface area contributed by atoms with Gasteiger partial charge in [-0.1, -0.05) is 41.6 Å². The van der Waals surface area contributed by atoms with Crippen LogP contribution in [0.1, 0.15) is 45.4 Å². The molecule has 0 saturated heterocycles.